The lowest BCUT2D eigenvalue weighted by Gasteiger charge is -2.21. The van der Waals surface area contributed by atoms with Crippen LogP contribution in [-0.2, 0) is 11.3 Å². The van der Waals surface area contributed by atoms with Crippen LogP contribution in [0.3, 0.4) is 0 Å². The van der Waals surface area contributed by atoms with Gasteiger partial charge in [0.15, 0.2) is 11.5 Å². The van der Waals surface area contributed by atoms with Crippen molar-refractivity contribution in [3.63, 3.8) is 0 Å². The van der Waals surface area contributed by atoms with Crippen LogP contribution in [0.4, 0.5) is 0 Å². The van der Waals surface area contributed by atoms with Gasteiger partial charge < -0.3 is 23.7 Å². The van der Waals surface area contributed by atoms with Crippen molar-refractivity contribution in [3.8, 4) is 39.8 Å². The Morgan fingerprint density at radius 2 is 1.47 bits per heavy atom. The molecule has 0 aliphatic carbocycles. The van der Waals surface area contributed by atoms with Crippen LogP contribution < -0.4 is 24.5 Å². The molecular formula is C36H30N2O7. The molecule has 2 aromatic heterocycles. The van der Waals surface area contributed by atoms with Gasteiger partial charge in [0.2, 0.25) is 5.75 Å². The minimum absolute atomic E-state index is 0.0485. The van der Waals surface area contributed by atoms with Gasteiger partial charge in [-0.15, -0.1) is 0 Å². The molecule has 226 valence electrons. The molecule has 0 amide bonds. The zero-order chi connectivity index (χ0) is 31.5. The zero-order valence-electron chi connectivity index (χ0n) is 25.2. The first kappa shape index (κ1) is 29.3. The first-order chi connectivity index (χ1) is 22.0. The number of fused-ring (bicyclic) bond motifs is 2. The van der Waals surface area contributed by atoms with Gasteiger partial charge in [-0.25, -0.2) is 4.79 Å². The highest BCUT2D eigenvalue weighted by Gasteiger charge is 2.27. The summed E-state index contributed by atoms with van der Waals surface area (Å²) in [4.78, 5) is 32.3. The smallest absolute Gasteiger partial charge is 0.355 e. The third-order valence-corrected chi connectivity index (χ3v) is 7.63. The Labute approximate surface area is 259 Å². The predicted octanol–water partition coefficient (Wildman–Crippen LogP) is 6.60. The van der Waals surface area contributed by atoms with Crippen molar-refractivity contribution in [2.45, 2.75) is 6.61 Å². The van der Waals surface area contributed by atoms with E-state index in [0.29, 0.717) is 50.6 Å². The molecule has 2 heterocycles. The van der Waals surface area contributed by atoms with Crippen LogP contribution in [0.5, 0.6) is 23.0 Å². The number of hydrogen-bond donors (Lipinski definition) is 0. The van der Waals surface area contributed by atoms with Crippen LogP contribution >= 0.6 is 0 Å². The van der Waals surface area contributed by atoms with E-state index in [1.54, 1.807) is 60.8 Å². The summed E-state index contributed by atoms with van der Waals surface area (Å²) in [5, 5.41) is 1.84. The lowest BCUT2D eigenvalue weighted by atomic mass is 9.95. The molecule has 4 aromatic carbocycles. The fraction of sp³-hybridized carbons (Fsp3) is 0.139. The highest BCUT2D eigenvalue weighted by Crippen LogP contribution is 2.44. The van der Waals surface area contributed by atoms with E-state index in [-0.39, 0.29) is 12.3 Å². The molecule has 45 heavy (non-hydrogen) atoms. The highest BCUT2D eigenvalue weighted by atomic mass is 16.5. The predicted molar refractivity (Wildman–Crippen MR) is 172 cm³/mol. The van der Waals surface area contributed by atoms with Crippen LogP contribution in [-0.4, -0.2) is 44.0 Å². The quantitative estimate of drug-likeness (QED) is 0.171. The molecular weight excluding hydrogens is 572 g/mol. The SMILES string of the molecule is COC(=O)c1c(-c2cc(OC)c(OC)c(OC)c2)c2ccc(OCc3ccnc4ccccc34)cc2c(=O)n1-c1ccccc1. The van der Waals surface area contributed by atoms with Crippen molar-refractivity contribution in [1.82, 2.24) is 9.55 Å². The summed E-state index contributed by atoms with van der Waals surface area (Å²) in [6.45, 7) is 0.265. The maximum Gasteiger partial charge on any atom is 0.355 e. The summed E-state index contributed by atoms with van der Waals surface area (Å²) >= 11 is 0. The number of carbonyl (C=O) groups is 1. The van der Waals surface area contributed by atoms with Crippen LogP contribution in [0, 0.1) is 0 Å². The van der Waals surface area contributed by atoms with E-state index in [1.807, 2.05) is 36.4 Å². The molecule has 9 heteroatoms. The van der Waals surface area contributed by atoms with Crippen molar-refractivity contribution in [1.29, 1.82) is 0 Å². The average molecular weight is 603 g/mol. The normalized spacial score (nSPS) is 10.9. The first-order valence-corrected chi connectivity index (χ1v) is 14.1. The Kier molecular flexibility index (Phi) is 8.07. The molecule has 0 spiro atoms. The Morgan fingerprint density at radius 1 is 0.756 bits per heavy atom. The number of hydrogen-bond acceptors (Lipinski definition) is 8. The largest absolute Gasteiger partial charge is 0.493 e. The number of para-hydroxylation sites is 2. The number of nitrogens with zero attached hydrogens (tertiary/aromatic N) is 2. The fourth-order valence-corrected chi connectivity index (χ4v) is 5.54. The number of aromatic nitrogens is 2. The number of ether oxygens (including phenoxy) is 5. The molecule has 0 aliphatic rings. The van der Waals surface area contributed by atoms with E-state index in [1.165, 1.54) is 33.0 Å². The summed E-state index contributed by atoms with van der Waals surface area (Å²) in [6.07, 6.45) is 1.75. The number of rotatable bonds is 9. The molecule has 0 aliphatic heterocycles. The molecule has 0 saturated heterocycles. The Hall–Kier alpha value is -5.83. The van der Waals surface area contributed by atoms with Gasteiger partial charge in [0.25, 0.3) is 5.56 Å². The zero-order valence-corrected chi connectivity index (χ0v) is 25.2. The first-order valence-electron chi connectivity index (χ1n) is 14.1. The second-order valence-electron chi connectivity index (χ2n) is 10.1. The minimum Gasteiger partial charge on any atom is -0.493 e. The molecule has 0 saturated carbocycles. The minimum atomic E-state index is -0.688. The van der Waals surface area contributed by atoms with Crippen molar-refractivity contribution in [3.05, 3.63) is 119 Å². The van der Waals surface area contributed by atoms with Crippen molar-refractivity contribution in [2.24, 2.45) is 0 Å². The number of benzene rings is 4. The lowest BCUT2D eigenvalue weighted by molar-refractivity contribution is 0.0591. The third kappa shape index (κ3) is 5.29. The second-order valence-corrected chi connectivity index (χ2v) is 10.1. The van der Waals surface area contributed by atoms with E-state index in [9.17, 15) is 9.59 Å². The molecule has 0 fully saturated rings. The number of pyridine rings is 2. The second kappa shape index (κ2) is 12.4. The van der Waals surface area contributed by atoms with Gasteiger partial charge in [-0.1, -0.05) is 36.4 Å². The van der Waals surface area contributed by atoms with Gasteiger partial charge in [-0.2, -0.15) is 0 Å². The lowest BCUT2D eigenvalue weighted by Crippen LogP contribution is -2.26. The van der Waals surface area contributed by atoms with Crippen LogP contribution in [0.2, 0.25) is 0 Å². The molecule has 0 N–H and O–H groups in total. The van der Waals surface area contributed by atoms with E-state index in [0.717, 1.165) is 16.5 Å². The number of esters is 1. The highest BCUT2D eigenvalue weighted by molar-refractivity contribution is 6.08. The van der Waals surface area contributed by atoms with Gasteiger partial charge in [0, 0.05) is 28.4 Å². The molecule has 6 aromatic rings. The standard InChI is InChI=1S/C36H30N2O7/c1-41-30-18-23(19-31(42-2)34(30)43-3)32-27-15-14-25(45-21-22-16-17-37-29-13-9-8-12-26(22)29)20-28(27)35(39)38(33(32)36(40)44-4)24-10-6-5-7-11-24/h5-20H,21H2,1-4H3. The van der Waals surface area contributed by atoms with Gasteiger partial charge in [0.1, 0.15) is 18.1 Å². The maximum atomic E-state index is 14.3. The van der Waals surface area contributed by atoms with E-state index in [4.69, 9.17) is 23.7 Å². The molecule has 0 unspecified atom stereocenters. The van der Waals surface area contributed by atoms with Crippen molar-refractivity contribution in [2.75, 3.05) is 28.4 Å². The Bertz CT molecular complexity index is 2080. The van der Waals surface area contributed by atoms with Crippen LogP contribution in [0.15, 0.2) is 102 Å². The van der Waals surface area contributed by atoms with Gasteiger partial charge in [-0.05, 0) is 65.5 Å². The van der Waals surface area contributed by atoms with E-state index in [2.05, 4.69) is 4.98 Å². The topological polar surface area (TPSA) is 98.1 Å². The summed E-state index contributed by atoms with van der Waals surface area (Å²) in [5.41, 5.74) is 2.96. The summed E-state index contributed by atoms with van der Waals surface area (Å²) in [7, 11) is 5.83. The molecule has 6 rings (SSSR count). The number of carbonyl (C=O) groups excluding carboxylic acids is 1. The van der Waals surface area contributed by atoms with Crippen molar-refractivity contribution < 1.29 is 28.5 Å². The van der Waals surface area contributed by atoms with E-state index < -0.39 is 11.5 Å². The number of methoxy groups -OCH3 is 4. The molecule has 0 bridgehead atoms. The summed E-state index contributed by atoms with van der Waals surface area (Å²) < 4.78 is 29.6. The average Bonchev–Trinajstić information content (AvgIpc) is 3.09. The monoisotopic (exact) mass is 602 g/mol. The van der Waals surface area contributed by atoms with Crippen LogP contribution in [0.1, 0.15) is 16.1 Å². The Balaban J connectivity index is 1.61. The fourth-order valence-electron chi connectivity index (χ4n) is 5.54. The van der Waals surface area contributed by atoms with E-state index >= 15 is 0 Å². The Morgan fingerprint density at radius 3 is 2.16 bits per heavy atom. The summed E-state index contributed by atoms with van der Waals surface area (Å²) in [6, 6.07) is 27.4. The van der Waals surface area contributed by atoms with Gasteiger partial charge in [-0.3, -0.25) is 14.3 Å². The van der Waals surface area contributed by atoms with Crippen LogP contribution in [0.25, 0.3) is 38.5 Å². The molecule has 0 atom stereocenters. The maximum absolute atomic E-state index is 14.3. The molecule has 9 nitrogen and oxygen atoms in total. The van der Waals surface area contributed by atoms with Gasteiger partial charge in [0.05, 0.1) is 39.3 Å². The summed E-state index contributed by atoms with van der Waals surface area (Å²) in [5.74, 6) is 0.965. The third-order valence-electron chi connectivity index (χ3n) is 7.63. The van der Waals surface area contributed by atoms with Crippen molar-refractivity contribution >= 4 is 27.6 Å². The molecule has 0 radical (unpaired) electrons. The van der Waals surface area contributed by atoms with Gasteiger partial charge >= 0.3 is 5.97 Å².